The monoisotopic (exact) mass is 295 g/mol. The van der Waals surface area contributed by atoms with Gasteiger partial charge in [0, 0.05) is 24.5 Å². The van der Waals surface area contributed by atoms with E-state index in [2.05, 4.69) is 4.98 Å². The number of anilines is 1. The van der Waals surface area contributed by atoms with Gasteiger partial charge in [-0.25, -0.2) is 9.78 Å². The molecule has 1 atom stereocenters. The van der Waals surface area contributed by atoms with E-state index in [4.69, 9.17) is 9.47 Å². The van der Waals surface area contributed by atoms with Gasteiger partial charge in [-0.2, -0.15) is 0 Å². The molecule has 1 unspecified atom stereocenters. The van der Waals surface area contributed by atoms with Crippen molar-refractivity contribution in [3.05, 3.63) is 22.7 Å². The summed E-state index contributed by atoms with van der Waals surface area (Å²) in [5.41, 5.74) is -0.581. The molecule has 1 fully saturated rings. The Balaban J connectivity index is 2.45. The van der Waals surface area contributed by atoms with E-state index in [1.165, 1.54) is 7.11 Å². The zero-order chi connectivity index (χ0) is 15.6. The maximum atomic E-state index is 12.6. The first kappa shape index (κ1) is 15.5. The molecule has 2 heterocycles. The average Bonchev–Trinajstić information content (AvgIpc) is 2.45. The number of methoxy groups -OCH3 is 1. The molecule has 7 nitrogen and oxygen atoms in total. The molecule has 7 heteroatoms. The van der Waals surface area contributed by atoms with Crippen molar-refractivity contribution in [2.45, 2.75) is 32.4 Å². The Kier molecular flexibility index (Phi) is 4.32. The third-order valence-electron chi connectivity index (χ3n) is 3.42. The summed E-state index contributed by atoms with van der Waals surface area (Å²) in [6.07, 6.45) is 3.23. The van der Waals surface area contributed by atoms with Gasteiger partial charge in [0.2, 0.25) is 0 Å². The van der Waals surface area contributed by atoms with Gasteiger partial charge in [-0.1, -0.05) is 0 Å². The maximum Gasteiger partial charge on any atom is 0.330 e. The van der Waals surface area contributed by atoms with Crippen molar-refractivity contribution in [1.82, 2.24) is 9.55 Å². The number of hydrogen-bond donors (Lipinski definition) is 0. The quantitative estimate of drug-likeness (QED) is 0.734. The highest BCUT2D eigenvalue weighted by atomic mass is 16.5. The van der Waals surface area contributed by atoms with Crippen LogP contribution in [0.3, 0.4) is 0 Å². The van der Waals surface area contributed by atoms with Crippen LogP contribution in [0.5, 0.6) is 0 Å². The summed E-state index contributed by atoms with van der Waals surface area (Å²) >= 11 is 0. The molecule has 1 saturated heterocycles. The number of nitrogens with zero attached hydrogens (tertiary/aromatic N) is 3. The smallest absolute Gasteiger partial charge is 0.330 e. The van der Waals surface area contributed by atoms with Gasteiger partial charge >= 0.3 is 5.97 Å². The van der Waals surface area contributed by atoms with E-state index in [0.29, 0.717) is 13.2 Å². The lowest BCUT2D eigenvalue weighted by atomic mass is 10.1. The van der Waals surface area contributed by atoms with Crippen LogP contribution in [0.1, 0.15) is 20.8 Å². The Hall–Kier alpha value is -1.89. The normalized spacial score (nSPS) is 19.4. The van der Waals surface area contributed by atoms with Crippen LogP contribution in [0.2, 0.25) is 0 Å². The minimum absolute atomic E-state index is 0.193. The van der Waals surface area contributed by atoms with Crippen LogP contribution >= 0.6 is 0 Å². The highest BCUT2D eigenvalue weighted by molar-refractivity contribution is 5.79. The number of rotatable bonds is 2. The second kappa shape index (κ2) is 5.85. The lowest BCUT2D eigenvalue weighted by Crippen LogP contribution is -2.53. The van der Waals surface area contributed by atoms with Crippen molar-refractivity contribution in [1.29, 1.82) is 0 Å². The SMILES string of the molecule is COC(=O)C1COCCN1c1nccn(C(C)(C)C)c1=O. The highest BCUT2D eigenvalue weighted by Crippen LogP contribution is 2.17. The van der Waals surface area contributed by atoms with Crippen LogP contribution in [0, 0.1) is 0 Å². The number of morpholine rings is 1. The molecule has 2 rings (SSSR count). The Morgan fingerprint density at radius 3 is 2.81 bits per heavy atom. The Morgan fingerprint density at radius 2 is 2.19 bits per heavy atom. The molecule has 0 spiro atoms. The lowest BCUT2D eigenvalue weighted by molar-refractivity contribution is -0.144. The molecule has 1 aromatic rings. The molecule has 116 valence electrons. The molecule has 0 radical (unpaired) electrons. The van der Waals surface area contributed by atoms with Crippen LogP contribution in [0.15, 0.2) is 17.2 Å². The first-order valence-electron chi connectivity index (χ1n) is 6.86. The van der Waals surface area contributed by atoms with Gasteiger partial charge in [-0.15, -0.1) is 0 Å². The van der Waals surface area contributed by atoms with Crippen molar-refractivity contribution >= 4 is 11.8 Å². The van der Waals surface area contributed by atoms with E-state index in [1.54, 1.807) is 21.9 Å². The van der Waals surface area contributed by atoms with E-state index < -0.39 is 12.0 Å². The summed E-state index contributed by atoms with van der Waals surface area (Å²) in [4.78, 5) is 30.3. The van der Waals surface area contributed by atoms with E-state index in [1.807, 2.05) is 20.8 Å². The molecular formula is C14H21N3O4. The molecule has 0 aliphatic carbocycles. The van der Waals surface area contributed by atoms with Gasteiger partial charge in [0.25, 0.3) is 5.56 Å². The average molecular weight is 295 g/mol. The Morgan fingerprint density at radius 1 is 1.48 bits per heavy atom. The molecule has 1 aliphatic heterocycles. The van der Waals surface area contributed by atoms with Crippen LogP contribution in [0.4, 0.5) is 5.82 Å². The van der Waals surface area contributed by atoms with Gasteiger partial charge in [-0.05, 0) is 20.8 Å². The van der Waals surface area contributed by atoms with Gasteiger partial charge < -0.3 is 18.9 Å². The number of aromatic nitrogens is 2. The minimum atomic E-state index is -0.639. The third kappa shape index (κ3) is 3.07. The number of hydrogen-bond acceptors (Lipinski definition) is 6. The second-order valence-electron chi connectivity index (χ2n) is 5.90. The topological polar surface area (TPSA) is 73.7 Å². The molecule has 0 aromatic carbocycles. The summed E-state index contributed by atoms with van der Waals surface area (Å²) < 4.78 is 11.7. The predicted molar refractivity (Wildman–Crippen MR) is 77.5 cm³/mol. The molecular weight excluding hydrogens is 274 g/mol. The number of esters is 1. The maximum absolute atomic E-state index is 12.6. The van der Waals surface area contributed by atoms with Crippen molar-refractivity contribution in [3.8, 4) is 0 Å². The fraction of sp³-hybridized carbons (Fsp3) is 0.643. The van der Waals surface area contributed by atoms with Crippen molar-refractivity contribution < 1.29 is 14.3 Å². The molecule has 0 saturated carbocycles. The van der Waals surface area contributed by atoms with Gasteiger partial charge in [0.05, 0.1) is 20.3 Å². The highest BCUT2D eigenvalue weighted by Gasteiger charge is 2.33. The van der Waals surface area contributed by atoms with E-state index in [9.17, 15) is 9.59 Å². The fourth-order valence-electron chi connectivity index (χ4n) is 2.32. The molecule has 21 heavy (non-hydrogen) atoms. The summed E-state index contributed by atoms with van der Waals surface area (Å²) in [6, 6.07) is -0.639. The van der Waals surface area contributed by atoms with Gasteiger partial charge in [-0.3, -0.25) is 4.79 Å². The Bertz CT molecular complexity index is 576. The van der Waals surface area contributed by atoms with Crippen molar-refractivity contribution in [2.75, 3.05) is 31.8 Å². The lowest BCUT2D eigenvalue weighted by Gasteiger charge is -2.34. The first-order chi connectivity index (χ1) is 9.86. The van der Waals surface area contributed by atoms with E-state index >= 15 is 0 Å². The van der Waals surface area contributed by atoms with Gasteiger partial charge in [0.15, 0.2) is 11.9 Å². The summed E-state index contributed by atoms with van der Waals surface area (Å²) in [6.45, 7) is 6.88. The summed E-state index contributed by atoms with van der Waals surface area (Å²) in [7, 11) is 1.32. The largest absolute Gasteiger partial charge is 0.467 e. The van der Waals surface area contributed by atoms with Crippen LogP contribution in [0.25, 0.3) is 0 Å². The summed E-state index contributed by atoms with van der Waals surface area (Å²) in [5, 5.41) is 0. The standard InChI is InChI=1S/C14H21N3O4/c1-14(2,3)17-6-5-15-11(12(17)18)16-7-8-21-9-10(16)13(19)20-4/h5-6,10H,7-9H2,1-4H3. The predicted octanol–water partition coefficient (Wildman–Crippen LogP) is 0.376. The molecule has 0 N–H and O–H groups in total. The summed E-state index contributed by atoms with van der Waals surface area (Å²) in [5.74, 6) is -0.173. The zero-order valence-corrected chi connectivity index (χ0v) is 12.8. The third-order valence-corrected chi connectivity index (χ3v) is 3.42. The van der Waals surface area contributed by atoms with Gasteiger partial charge in [0.1, 0.15) is 0 Å². The first-order valence-corrected chi connectivity index (χ1v) is 6.86. The van der Waals surface area contributed by atoms with Crippen molar-refractivity contribution in [2.24, 2.45) is 0 Å². The van der Waals surface area contributed by atoms with E-state index in [-0.39, 0.29) is 23.5 Å². The molecule has 0 amide bonds. The molecule has 1 aromatic heterocycles. The minimum Gasteiger partial charge on any atom is -0.467 e. The Labute approximate surface area is 123 Å². The number of ether oxygens (including phenoxy) is 2. The fourth-order valence-corrected chi connectivity index (χ4v) is 2.32. The second-order valence-corrected chi connectivity index (χ2v) is 5.90. The zero-order valence-electron chi connectivity index (χ0n) is 12.8. The molecule has 0 bridgehead atoms. The van der Waals surface area contributed by atoms with Crippen molar-refractivity contribution in [3.63, 3.8) is 0 Å². The van der Waals surface area contributed by atoms with Crippen LogP contribution < -0.4 is 10.5 Å². The van der Waals surface area contributed by atoms with Crippen LogP contribution in [-0.4, -0.2) is 48.4 Å². The van der Waals surface area contributed by atoms with Crippen LogP contribution in [-0.2, 0) is 19.8 Å². The number of carbonyl (C=O) groups excluding carboxylic acids is 1. The van der Waals surface area contributed by atoms with E-state index in [0.717, 1.165) is 0 Å². The molecule has 1 aliphatic rings. The number of carbonyl (C=O) groups is 1.